The van der Waals surface area contributed by atoms with Crippen molar-refractivity contribution in [1.29, 1.82) is 0 Å². The molecule has 0 amide bonds. The summed E-state index contributed by atoms with van der Waals surface area (Å²) in [7, 11) is 0. The maximum absolute atomic E-state index is 13.3. The Bertz CT molecular complexity index is 1310. The maximum atomic E-state index is 13.3. The highest BCUT2D eigenvalue weighted by Crippen LogP contribution is 2.44. The van der Waals surface area contributed by atoms with E-state index in [1.54, 1.807) is 23.6 Å². The van der Waals surface area contributed by atoms with Crippen LogP contribution in [0, 0.1) is 5.82 Å². The summed E-state index contributed by atoms with van der Waals surface area (Å²) >= 11 is 0. The molecular formula is C23H17FN4O2. The standard InChI is InChI=1S/C23H17FN4O2/c1-13(29)18-14(2)30-23-20(19(18)15-6-4-3-5-7-15)22-26-21(27-28(22)12-25-23)16-8-10-17(24)11-9-16/h3-12,19H,1-2H3. The number of fused-ring (bicyclic) bond motifs is 3. The van der Waals surface area contributed by atoms with Crippen LogP contribution >= 0.6 is 0 Å². The number of ketones is 1. The number of halogens is 1. The van der Waals surface area contributed by atoms with Crippen molar-refractivity contribution < 1.29 is 13.9 Å². The van der Waals surface area contributed by atoms with Crippen molar-refractivity contribution in [3.8, 4) is 17.3 Å². The molecule has 6 nitrogen and oxygen atoms in total. The Morgan fingerprint density at radius 1 is 1.10 bits per heavy atom. The average Bonchev–Trinajstić information content (AvgIpc) is 3.18. The highest BCUT2D eigenvalue weighted by molar-refractivity contribution is 5.97. The van der Waals surface area contributed by atoms with Crippen LogP contribution in [0.5, 0.6) is 5.88 Å². The second-order valence-corrected chi connectivity index (χ2v) is 7.15. The van der Waals surface area contributed by atoms with E-state index in [9.17, 15) is 9.18 Å². The van der Waals surface area contributed by atoms with Gasteiger partial charge in [-0.25, -0.2) is 18.9 Å². The maximum Gasteiger partial charge on any atom is 0.228 e. The highest BCUT2D eigenvalue weighted by Gasteiger charge is 2.35. The summed E-state index contributed by atoms with van der Waals surface area (Å²) in [5.74, 6) is 0.579. The lowest BCUT2D eigenvalue weighted by atomic mass is 9.82. The van der Waals surface area contributed by atoms with Gasteiger partial charge in [0.05, 0.1) is 5.56 Å². The van der Waals surface area contributed by atoms with E-state index in [0.29, 0.717) is 39.8 Å². The minimum absolute atomic E-state index is 0.0766. The third-order valence-corrected chi connectivity index (χ3v) is 5.21. The number of carbonyl (C=O) groups is 1. The van der Waals surface area contributed by atoms with Crippen LogP contribution in [0.25, 0.3) is 17.0 Å². The Morgan fingerprint density at radius 2 is 1.83 bits per heavy atom. The number of hydrogen-bond donors (Lipinski definition) is 0. The molecule has 7 heteroatoms. The van der Waals surface area contributed by atoms with Gasteiger partial charge in [-0.15, -0.1) is 5.10 Å². The van der Waals surface area contributed by atoms with Crippen LogP contribution in [-0.2, 0) is 4.79 Å². The number of ether oxygens (including phenoxy) is 1. The van der Waals surface area contributed by atoms with Gasteiger partial charge in [-0.3, -0.25) is 4.79 Å². The van der Waals surface area contributed by atoms with E-state index >= 15 is 0 Å². The van der Waals surface area contributed by atoms with E-state index in [2.05, 4.69) is 10.1 Å². The summed E-state index contributed by atoms with van der Waals surface area (Å²) in [6.07, 6.45) is 1.53. The second-order valence-electron chi connectivity index (χ2n) is 7.15. The molecule has 0 fully saturated rings. The molecule has 2 aromatic carbocycles. The zero-order valence-electron chi connectivity index (χ0n) is 16.3. The van der Waals surface area contributed by atoms with Gasteiger partial charge in [0.15, 0.2) is 17.3 Å². The van der Waals surface area contributed by atoms with E-state index in [1.807, 2.05) is 30.3 Å². The molecule has 1 atom stereocenters. The zero-order valence-corrected chi connectivity index (χ0v) is 16.3. The van der Waals surface area contributed by atoms with Crippen LogP contribution in [0.3, 0.4) is 0 Å². The van der Waals surface area contributed by atoms with E-state index < -0.39 is 0 Å². The molecule has 0 N–H and O–H groups in total. The highest BCUT2D eigenvalue weighted by atomic mass is 19.1. The molecule has 0 bridgehead atoms. The van der Waals surface area contributed by atoms with Gasteiger partial charge in [0, 0.05) is 17.1 Å². The van der Waals surface area contributed by atoms with Crippen LogP contribution < -0.4 is 4.74 Å². The van der Waals surface area contributed by atoms with E-state index in [-0.39, 0.29) is 17.5 Å². The molecule has 4 aromatic rings. The topological polar surface area (TPSA) is 69.4 Å². The first kappa shape index (κ1) is 18.2. The fraction of sp³-hybridized carbons (Fsp3) is 0.130. The van der Waals surface area contributed by atoms with Crippen LogP contribution in [0.15, 0.2) is 72.3 Å². The van der Waals surface area contributed by atoms with Crippen molar-refractivity contribution in [3.05, 3.63) is 89.2 Å². The van der Waals surface area contributed by atoms with Crippen molar-refractivity contribution in [2.24, 2.45) is 0 Å². The van der Waals surface area contributed by atoms with E-state index in [4.69, 9.17) is 9.72 Å². The van der Waals surface area contributed by atoms with E-state index in [1.165, 1.54) is 25.4 Å². The first-order valence-corrected chi connectivity index (χ1v) is 9.48. The fourth-order valence-corrected chi connectivity index (χ4v) is 3.89. The number of allylic oxidation sites excluding steroid dienone is 2. The van der Waals surface area contributed by atoms with Crippen molar-refractivity contribution in [2.45, 2.75) is 19.8 Å². The summed E-state index contributed by atoms with van der Waals surface area (Å²) < 4.78 is 20.8. The average molecular weight is 400 g/mol. The molecule has 1 unspecified atom stereocenters. The molecule has 30 heavy (non-hydrogen) atoms. The smallest absolute Gasteiger partial charge is 0.228 e. The van der Waals surface area contributed by atoms with Gasteiger partial charge in [0.2, 0.25) is 5.88 Å². The first-order valence-electron chi connectivity index (χ1n) is 9.48. The molecule has 5 rings (SSSR count). The molecule has 0 spiro atoms. The molecule has 0 saturated carbocycles. The summed E-state index contributed by atoms with van der Waals surface area (Å²) in [5, 5.41) is 4.50. The van der Waals surface area contributed by atoms with Crippen molar-refractivity contribution in [3.63, 3.8) is 0 Å². The van der Waals surface area contributed by atoms with E-state index in [0.717, 1.165) is 5.56 Å². The Morgan fingerprint density at radius 3 is 2.53 bits per heavy atom. The van der Waals surface area contributed by atoms with Gasteiger partial charge in [0.25, 0.3) is 0 Å². The van der Waals surface area contributed by atoms with Crippen molar-refractivity contribution in [1.82, 2.24) is 19.6 Å². The number of carbonyl (C=O) groups excluding carboxylic acids is 1. The molecule has 2 aromatic heterocycles. The van der Waals surface area contributed by atoms with Crippen LogP contribution in [0.2, 0.25) is 0 Å². The van der Waals surface area contributed by atoms with Gasteiger partial charge in [0.1, 0.15) is 17.9 Å². The lowest BCUT2D eigenvalue weighted by Gasteiger charge is -2.28. The van der Waals surface area contributed by atoms with Gasteiger partial charge < -0.3 is 4.74 Å². The van der Waals surface area contributed by atoms with Crippen LogP contribution in [-0.4, -0.2) is 25.4 Å². The Kier molecular flexibility index (Phi) is 4.17. The third-order valence-electron chi connectivity index (χ3n) is 5.21. The molecular weight excluding hydrogens is 383 g/mol. The normalized spacial score (nSPS) is 15.8. The molecule has 0 aliphatic carbocycles. The largest absolute Gasteiger partial charge is 0.443 e. The minimum atomic E-state index is -0.381. The molecule has 1 aliphatic heterocycles. The van der Waals surface area contributed by atoms with Gasteiger partial charge in [-0.2, -0.15) is 0 Å². The molecule has 1 aliphatic rings. The van der Waals surface area contributed by atoms with Crippen molar-refractivity contribution >= 4 is 11.4 Å². The lowest BCUT2D eigenvalue weighted by molar-refractivity contribution is -0.114. The summed E-state index contributed by atoms with van der Waals surface area (Å²) in [4.78, 5) is 21.7. The fourth-order valence-electron chi connectivity index (χ4n) is 3.89. The number of Topliss-reactive ketones (excluding diaryl/α,β-unsaturated/α-hetero) is 1. The summed E-state index contributed by atoms with van der Waals surface area (Å²) in [6.45, 7) is 3.31. The number of hydrogen-bond acceptors (Lipinski definition) is 5. The Balaban J connectivity index is 1.77. The van der Waals surface area contributed by atoms with Crippen LogP contribution in [0.1, 0.15) is 30.9 Å². The first-order chi connectivity index (χ1) is 14.5. The predicted molar refractivity (Wildman–Crippen MR) is 108 cm³/mol. The molecule has 0 radical (unpaired) electrons. The summed E-state index contributed by atoms with van der Waals surface area (Å²) in [5.41, 5.74) is 3.41. The minimum Gasteiger partial charge on any atom is -0.443 e. The molecule has 0 saturated heterocycles. The molecule has 148 valence electrons. The quantitative estimate of drug-likeness (QED) is 0.512. The number of nitrogens with zero attached hydrogens (tertiary/aromatic N) is 4. The van der Waals surface area contributed by atoms with Gasteiger partial charge in [-0.05, 0) is 43.7 Å². The van der Waals surface area contributed by atoms with Crippen LogP contribution in [0.4, 0.5) is 4.39 Å². The lowest BCUT2D eigenvalue weighted by Crippen LogP contribution is -2.22. The Labute approximate surface area is 171 Å². The summed E-state index contributed by atoms with van der Waals surface area (Å²) in [6, 6.07) is 15.7. The Hall–Kier alpha value is -3.87. The molecule has 3 heterocycles. The van der Waals surface area contributed by atoms with Gasteiger partial charge >= 0.3 is 0 Å². The monoisotopic (exact) mass is 400 g/mol. The second kappa shape index (κ2) is 6.88. The number of rotatable bonds is 3. The number of aromatic nitrogens is 4. The van der Waals surface area contributed by atoms with Crippen molar-refractivity contribution in [2.75, 3.05) is 0 Å². The SMILES string of the molecule is CC(=O)C1=C(C)Oc2ncn3nc(-c4ccc(F)cc4)nc3c2C1c1ccccc1. The predicted octanol–water partition coefficient (Wildman–Crippen LogP) is 4.32. The van der Waals surface area contributed by atoms with Gasteiger partial charge in [-0.1, -0.05) is 30.3 Å². The number of benzene rings is 2. The zero-order chi connectivity index (χ0) is 20.8. The third kappa shape index (κ3) is 2.86.